The highest BCUT2D eigenvalue weighted by atomic mass is 32.2. The first-order chi connectivity index (χ1) is 15.9. The Morgan fingerprint density at radius 1 is 1.18 bits per heavy atom. The lowest BCUT2D eigenvalue weighted by Crippen LogP contribution is -2.16. The molecule has 0 saturated heterocycles. The number of hydrogen-bond donors (Lipinski definition) is 1. The number of imidazole rings is 1. The normalized spacial score (nSPS) is 12.5. The minimum atomic E-state index is -4.08. The zero-order valence-corrected chi connectivity index (χ0v) is 18.6. The average molecular weight is 462 g/mol. The van der Waals surface area contributed by atoms with Crippen LogP contribution in [0.5, 0.6) is 0 Å². The number of fused-ring (bicyclic) bond motifs is 2. The molecule has 0 bridgehead atoms. The maximum atomic E-state index is 13.6. The van der Waals surface area contributed by atoms with Gasteiger partial charge in [0.05, 0.1) is 18.6 Å². The van der Waals surface area contributed by atoms with Crippen molar-refractivity contribution in [3.05, 3.63) is 67.1 Å². The maximum Gasteiger partial charge on any atom is 0.301 e. The molecule has 33 heavy (non-hydrogen) atoms. The van der Waals surface area contributed by atoms with Crippen molar-refractivity contribution < 1.29 is 8.42 Å². The Morgan fingerprint density at radius 3 is 2.79 bits per heavy atom. The highest BCUT2D eigenvalue weighted by Gasteiger charge is 2.25. The molecule has 1 N–H and O–H groups in total. The van der Waals surface area contributed by atoms with Crippen LogP contribution in [0.1, 0.15) is 12.5 Å². The van der Waals surface area contributed by atoms with E-state index < -0.39 is 10.0 Å². The summed E-state index contributed by atoms with van der Waals surface area (Å²) < 4.78 is 29.8. The van der Waals surface area contributed by atoms with Gasteiger partial charge in [0, 0.05) is 49.7 Å². The molecular weight excluding hydrogens is 442 g/mol. The van der Waals surface area contributed by atoms with Crippen LogP contribution in [-0.2, 0) is 10.0 Å². The van der Waals surface area contributed by atoms with E-state index in [0.717, 1.165) is 26.4 Å². The van der Waals surface area contributed by atoms with Gasteiger partial charge >= 0.3 is 10.0 Å². The molecule has 5 heterocycles. The summed E-state index contributed by atoms with van der Waals surface area (Å²) in [6, 6.07) is 5.34. The van der Waals surface area contributed by atoms with Crippen LogP contribution in [0.25, 0.3) is 33.4 Å². The van der Waals surface area contributed by atoms with Crippen LogP contribution >= 0.6 is 0 Å². The van der Waals surface area contributed by atoms with E-state index in [-0.39, 0.29) is 5.03 Å². The van der Waals surface area contributed by atoms with Crippen LogP contribution in [0, 0.1) is 0 Å². The fraction of sp³-hybridized carbons (Fsp3) is 0.0952. The zero-order valence-electron chi connectivity index (χ0n) is 17.8. The summed E-state index contributed by atoms with van der Waals surface area (Å²) in [6.07, 6.45) is 11.3. The lowest BCUT2D eigenvalue weighted by Gasteiger charge is -2.09. The molecular formula is C21H19N9O2S. The van der Waals surface area contributed by atoms with Gasteiger partial charge in [-0.1, -0.05) is 0 Å². The van der Waals surface area contributed by atoms with Gasteiger partial charge in [0.25, 0.3) is 0 Å². The summed E-state index contributed by atoms with van der Waals surface area (Å²) in [5.41, 5.74) is 4.50. The van der Waals surface area contributed by atoms with Crippen molar-refractivity contribution in [2.24, 2.45) is 5.10 Å². The molecule has 166 valence electrons. The molecule has 0 spiro atoms. The van der Waals surface area contributed by atoms with Crippen LogP contribution in [0.2, 0.25) is 0 Å². The Balaban J connectivity index is 1.65. The number of allylic oxidation sites excluding steroid dienone is 1. The van der Waals surface area contributed by atoms with Crippen molar-refractivity contribution >= 4 is 39.0 Å². The monoisotopic (exact) mass is 461 g/mol. The van der Waals surface area contributed by atoms with Crippen LogP contribution < -0.4 is 0 Å². The fourth-order valence-electron chi connectivity index (χ4n) is 3.51. The minimum Gasteiger partial charge on any atom is -0.288 e. The number of rotatable bonds is 6. The number of hydrazone groups is 1. The second-order valence-corrected chi connectivity index (χ2v) is 9.09. The van der Waals surface area contributed by atoms with Crippen LogP contribution in [0.4, 0.5) is 0 Å². The first-order valence-corrected chi connectivity index (χ1v) is 11.3. The van der Waals surface area contributed by atoms with Gasteiger partial charge in [-0.25, -0.2) is 4.98 Å². The topological polar surface area (TPSA) is 126 Å². The molecule has 0 aliphatic rings. The molecule has 5 rings (SSSR count). The van der Waals surface area contributed by atoms with Gasteiger partial charge in [-0.2, -0.15) is 27.8 Å². The molecule has 12 heteroatoms. The van der Waals surface area contributed by atoms with Gasteiger partial charge in [0.15, 0.2) is 5.03 Å². The number of nitrogens with one attached hydrogen (secondary N) is 1. The third kappa shape index (κ3) is 3.46. The fourth-order valence-corrected chi connectivity index (χ4v) is 4.84. The smallest absolute Gasteiger partial charge is 0.288 e. The number of aromatic nitrogens is 7. The Labute approximate surface area is 188 Å². The molecule has 0 aliphatic carbocycles. The van der Waals surface area contributed by atoms with E-state index in [0.29, 0.717) is 16.7 Å². The third-order valence-corrected chi connectivity index (χ3v) is 6.82. The Kier molecular flexibility index (Phi) is 4.78. The molecule has 0 atom stereocenters. The van der Waals surface area contributed by atoms with E-state index in [4.69, 9.17) is 0 Å². The van der Waals surface area contributed by atoms with Gasteiger partial charge in [0.1, 0.15) is 16.7 Å². The molecule has 0 amide bonds. The Bertz CT molecular complexity index is 1630. The average Bonchev–Trinajstić information content (AvgIpc) is 3.57. The highest BCUT2D eigenvalue weighted by molar-refractivity contribution is 7.90. The molecule has 0 aliphatic heterocycles. The number of H-pyrrole nitrogens is 1. The van der Waals surface area contributed by atoms with Crippen molar-refractivity contribution in [1.82, 2.24) is 38.8 Å². The predicted molar refractivity (Wildman–Crippen MR) is 124 cm³/mol. The van der Waals surface area contributed by atoms with E-state index >= 15 is 0 Å². The molecule has 0 unspecified atom stereocenters. The van der Waals surface area contributed by atoms with Crippen LogP contribution in [-0.4, -0.2) is 60.9 Å². The van der Waals surface area contributed by atoms with Gasteiger partial charge < -0.3 is 0 Å². The summed E-state index contributed by atoms with van der Waals surface area (Å²) in [5.74, 6) is 0. The van der Waals surface area contributed by atoms with Gasteiger partial charge in [-0.05, 0) is 36.3 Å². The van der Waals surface area contributed by atoms with Crippen molar-refractivity contribution in [1.29, 1.82) is 0 Å². The molecule has 0 fully saturated rings. The first-order valence-electron chi connectivity index (χ1n) is 9.82. The minimum absolute atomic E-state index is 0.0129. The van der Waals surface area contributed by atoms with Crippen molar-refractivity contribution in [2.45, 2.75) is 11.9 Å². The largest absolute Gasteiger partial charge is 0.301 e. The number of nitrogens with zero attached hydrogens (tertiary/aromatic N) is 8. The molecule has 0 radical (unpaired) electrons. The summed E-state index contributed by atoms with van der Waals surface area (Å²) in [4.78, 5) is 8.63. The van der Waals surface area contributed by atoms with Gasteiger partial charge in [-0.15, -0.1) is 0 Å². The maximum absolute atomic E-state index is 13.6. The van der Waals surface area contributed by atoms with Crippen LogP contribution in [0.3, 0.4) is 0 Å². The predicted octanol–water partition coefficient (Wildman–Crippen LogP) is 2.61. The molecule has 0 saturated carbocycles. The van der Waals surface area contributed by atoms with E-state index in [1.807, 2.05) is 13.0 Å². The Morgan fingerprint density at radius 2 is 2.03 bits per heavy atom. The molecule has 11 nitrogen and oxygen atoms in total. The summed E-state index contributed by atoms with van der Waals surface area (Å²) in [5, 5.41) is 16.2. The first kappa shape index (κ1) is 20.6. The summed E-state index contributed by atoms with van der Waals surface area (Å²) >= 11 is 0. The van der Waals surface area contributed by atoms with Gasteiger partial charge in [0.2, 0.25) is 0 Å². The second kappa shape index (κ2) is 7.67. The van der Waals surface area contributed by atoms with Crippen molar-refractivity contribution in [3.63, 3.8) is 0 Å². The zero-order chi connectivity index (χ0) is 23.2. The van der Waals surface area contributed by atoms with E-state index in [1.165, 1.54) is 16.8 Å². The molecule has 5 aromatic rings. The second-order valence-electron chi connectivity index (χ2n) is 7.38. The van der Waals surface area contributed by atoms with E-state index in [2.05, 4.69) is 37.1 Å². The van der Waals surface area contributed by atoms with Crippen molar-refractivity contribution in [2.75, 3.05) is 7.05 Å². The van der Waals surface area contributed by atoms with E-state index in [1.54, 1.807) is 55.2 Å². The highest BCUT2D eigenvalue weighted by Crippen LogP contribution is 2.25. The standard InChI is InChI=1S/C21H19N9O2S/c1-14(12-28(3)22-2)16-6-19-18(23-7-16)10-27-30(19)33(31,32)21-11-24-20-5-4-15(13-29(20)21)17-8-25-26-9-17/h4-13H,2H2,1,3H3,(H,25,26)/b14-12-. The Hall–Kier alpha value is -4.32. The number of hydrogen-bond acceptors (Lipinski definition) is 8. The summed E-state index contributed by atoms with van der Waals surface area (Å²) in [7, 11) is -2.33. The quantitative estimate of drug-likeness (QED) is 0.304. The lowest BCUT2D eigenvalue weighted by molar-refractivity contribution is 0.496. The third-order valence-electron chi connectivity index (χ3n) is 5.24. The van der Waals surface area contributed by atoms with Gasteiger partial charge in [-0.3, -0.25) is 19.5 Å². The van der Waals surface area contributed by atoms with Crippen molar-refractivity contribution in [3.8, 4) is 11.1 Å². The SMILES string of the molecule is C=NN(C)/C=C(/C)c1cnc2cnn(S(=O)(=O)c3cnc4ccc(-c5cn[nH]c5)cn34)c2c1. The number of aromatic amines is 1. The lowest BCUT2D eigenvalue weighted by atomic mass is 10.1. The number of pyridine rings is 2. The van der Waals surface area contributed by atoms with Crippen LogP contribution in [0.15, 0.2) is 71.7 Å². The van der Waals surface area contributed by atoms with E-state index in [9.17, 15) is 8.42 Å². The molecule has 0 aromatic carbocycles. The molecule has 5 aromatic heterocycles. The summed E-state index contributed by atoms with van der Waals surface area (Å²) in [6.45, 7) is 5.36.